The number of ether oxygens (including phenoxy) is 1. The first-order chi connectivity index (χ1) is 11.6. The van der Waals surface area contributed by atoms with Crippen LogP contribution in [-0.2, 0) is 9.53 Å². The minimum absolute atomic E-state index is 0.0344. The number of carbonyl (C=O) groups is 2. The molecule has 0 bridgehead atoms. The number of hydrogen-bond acceptors (Lipinski definition) is 4. The van der Waals surface area contributed by atoms with Gasteiger partial charge < -0.3 is 10.1 Å². The molecule has 0 aliphatic carbocycles. The zero-order chi connectivity index (χ0) is 17.4. The topological polar surface area (TPSA) is 58.6 Å². The Kier molecular flexibility index (Phi) is 7.69. The number of likely N-dealkylation sites (tertiary alicyclic amines) is 1. The average molecular weight is 353 g/mol. The van der Waals surface area contributed by atoms with Crippen molar-refractivity contribution in [1.82, 2.24) is 10.2 Å². The molecule has 6 heteroatoms. The molecule has 1 aliphatic rings. The molecule has 2 rings (SSSR count). The highest BCUT2D eigenvalue weighted by molar-refractivity contribution is 6.30. The third-order valence-electron chi connectivity index (χ3n) is 4.30. The highest BCUT2D eigenvalue weighted by atomic mass is 35.5. The SMILES string of the molecule is COCCCNC(=O)CN1CCC(C(=O)c2ccc(Cl)cc2)CC1. The summed E-state index contributed by atoms with van der Waals surface area (Å²) in [5.74, 6) is 0.246. The molecule has 0 aromatic heterocycles. The summed E-state index contributed by atoms with van der Waals surface area (Å²) in [4.78, 5) is 26.5. The molecule has 5 nitrogen and oxygen atoms in total. The van der Waals surface area contributed by atoms with Crippen molar-refractivity contribution in [2.24, 2.45) is 5.92 Å². The Morgan fingerprint density at radius 2 is 1.92 bits per heavy atom. The van der Waals surface area contributed by atoms with Crippen molar-refractivity contribution in [3.8, 4) is 0 Å². The van der Waals surface area contributed by atoms with Crippen molar-refractivity contribution >= 4 is 23.3 Å². The molecular weight excluding hydrogens is 328 g/mol. The first-order valence-electron chi connectivity index (χ1n) is 8.38. The van der Waals surface area contributed by atoms with E-state index in [0.717, 1.165) is 32.4 Å². The minimum Gasteiger partial charge on any atom is -0.385 e. The maximum absolute atomic E-state index is 12.5. The molecule has 1 saturated heterocycles. The van der Waals surface area contributed by atoms with Gasteiger partial charge in [0, 0.05) is 36.8 Å². The van der Waals surface area contributed by atoms with Crippen LogP contribution in [0, 0.1) is 5.92 Å². The third kappa shape index (κ3) is 5.89. The number of amides is 1. The Balaban J connectivity index is 1.72. The van der Waals surface area contributed by atoms with Gasteiger partial charge in [-0.2, -0.15) is 0 Å². The molecular formula is C18H25ClN2O3. The molecule has 1 heterocycles. The van der Waals surface area contributed by atoms with Crippen molar-refractivity contribution in [2.75, 3.05) is 39.9 Å². The summed E-state index contributed by atoms with van der Waals surface area (Å²) in [5.41, 5.74) is 0.716. The number of benzene rings is 1. The Morgan fingerprint density at radius 1 is 1.25 bits per heavy atom. The molecule has 1 amide bonds. The number of methoxy groups -OCH3 is 1. The van der Waals surface area contributed by atoms with Crippen LogP contribution < -0.4 is 5.32 Å². The van der Waals surface area contributed by atoms with Gasteiger partial charge in [-0.05, 0) is 56.6 Å². The standard InChI is InChI=1S/C18H25ClN2O3/c1-24-12-2-9-20-17(22)13-21-10-7-15(8-11-21)18(23)14-3-5-16(19)6-4-14/h3-6,15H,2,7-13H2,1H3,(H,20,22). The fourth-order valence-corrected chi connectivity index (χ4v) is 3.03. The molecule has 1 aliphatic heterocycles. The number of ketones is 1. The predicted molar refractivity (Wildman–Crippen MR) is 94.4 cm³/mol. The monoisotopic (exact) mass is 352 g/mol. The van der Waals surface area contributed by atoms with E-state index in [1.54, 1.807) is 31.4 Å². The third-order valence-corrected chi connectivity index (χ3v) is 4.55. The van der Waals surface area contributed by atoms with Gasteiger partial charge in [0.2, 0.25) is 5.91 Å². The summed E-state index contributed by atoms with van der Waals surface area (Å²) in [7, 11) is 1.65. The van der Waals surface area contributed by atoms with Crippen molar-refractivity contribution in [3.05, 3.63) is 34.9 Å². The van der Waals surface area contributed by atoms with Gasteiger partial charge in [-0.25, -0.2) is 0 Å². The molecule has 132 valence electrons. The number of carbonyl (C=O) groups excluding carboxylic acids is 2. The largest absolute Gasteiger partial charge is 0.385 e. The van der Waals surface area contributed by atoms with Crippen LogP contribution in [0.3, 0.4) is 0 Å². The van der Waals surface area contributed by atoms with Gasteiger partial charge in [0.1, 0.15) is 0 Å². The molecule has 0 atom stereocenters. The van der Waals surface area contributed by atoms with Gasteiger partial charge in [0.15, 0.2) is 5.78 Å². The molecule has 1 aromatic carbocycles. The van der Waals surface area contributed by atoms with E-state index in [9.17, 15) is 9.59 Å². The van der Waals surface area contributed by atoms with Crippen LogP contribution in [0.15, 0.2) is 24.3 Å². The van der Waals surface area contributed by atoms with Gasteiger partial charge in [-0.3, -0.25) is 14.5 Å². The highest BCUT2D eigenvalue weighted by Gasteiger charge is 2.26. The second-order valence-corrected chi connectivity index (χ2v) is 6.55. The van der Waals surface area contributed by atoms with Crippen LogP contribution in [0.4, 0.5) is 0 Å². The Labute approximate surface area is 148 Å². The average Bonchev–Trinajstić information content (AvgIpc) is 2.59. The molecule has 1 fully saturated rings. The van der Waals surface area contributed by atoms with Crippen LogP contribution in [0.5, 0.6) is 0 Å². The Hall–Kier alpha value is -1.43. The number of nitrogens with zero attached hydrogens (tertiary/aromatic N) is 1. The zero-order valence-electron chi connectivity index (χ0n) is 14.1. The summed E-state index contributed by atoms with van der Waals surface area (Å²) in [6, 6.07) is 7.06. The van der Waals surface area contributed by atoms with Gasteiger partial charge >= 0.3 is 0 Å². The molecule has 1 aromatic rings. The van der Waals surface area contributed by atoms with E-state index in [0.29, 0.717) is 30.3 Å². The lowest BCUT2D eigenvalue weighted by Gasteiger charge is -2.30. The van der Waals surface area contributed by atoms with E-state index in [-0.39, 0.29) is 17.6 Å². The maximum atomic E-state index is 12.5. The smallest absolute Gasteiger partial charge is 0.234 e. The first-order valence-corrected chi connectivity index (χ1v) is 8.75. The molecule has 0 spiro atoms. The zero-order valence-corrected chi connectivity index (χ0v) is 14.8. The molecule has 0 unspecified atom stereocenters. The summed E-state index contributed by atoms with van der Waals surface area (Å²) >= 11 is 5.86. The predicted octanol–water partition coefficient (Wildman–Crippen LogP) is 2.39. The van der Waals surface area contributed by atoms with Crippen LogP contribution >= 0.6 is 11.6 Å². The molecule has 1 N–H and O–H groups in total. The summed E-state index contributed by atoms with van der Waals surface area (Å²) < 4.78 is 4.95. The van der Waals surface area contributed by atoms with E-state index >= 15 is 0 Å². The van der Waals surface area contributed by atoms with E-state index in [2.05, 4.69) is 10.2 Å². The Bertz CT molecular complexity index is 540. The van der Waals surface area contributed by atoms with Gasteiger partial charge in [0.05, 0.1) is 6.54 Å². The lowest BCUT2D eigenvalue weighted by atomic mass is 9.89. The number of rotatable bonds is 8. The van der Waals surface area contributed by atoms with Crippen molar-refractivity contribution in [2.45, 2.75) is 19.3 Å². The van der Waals surface area contributed by atoms with Gasteiger partial charge in [0.25, 0.3) is 0 Å². The lowest BCUT2D eigenvalue weighted by Crippen LogP contribution is -2.42. The van der Waals surface area contributed by atoms with E-state index in [4.69, 9.17) is 16.3 Å². The first kappa shape index (κ1) is 18.9. The fraction of sp³-hybridized carbons (Fsp3) is 0.556. The summed E-state index contributed by atoms with van der Waals surface area (Å²) in [6.07, 6.45) is 2.40. The van der Waals surface area contributed by atoms with Crippen LogP contribution in [-0.4, -0.2) is 56.5 Å². The van der Waals surface area contributed by atoms with E-state index in [1.807, 2.05) is 0 Å². The van der Waals surface area contributed by atoms with E-state index < -0.39 is 0 Å². The van der Waals surface area contributed by atoms with Crippen molar-refractivity contribution < 1.29 is 14.3 Å². The summed E-state index contributed by atoms with van der Waals surface area (Å²) in [6.45, 7) is 3.23. The van der Waals surface area contributed by atoms with Crippen LogP contribution in [0.2, 0.25) is 5.02 Å². The second kappa shape index (κ2) is 9.77. The van der Waals surface area contributed by atoms with Crippen LogP contribution in [0.1, 0.15) is 29.6 Å². The molecule has 24 heavy (non-hydrogen) atoms. The lowest BCUT2D eigenvalue weighted by molar-refractivity contribution is -0.122. The number of halogens is 1. The fourth-order valence-electron chi connectivity index (χ4n) is 2.91. The van der Waals surface area contributed by atoms with Crippen LogP contribution in [0.25, 0.3) is 0 Å². The quantitative estimate of drug-likeness (QED) is 0.576. The molecule has 0 saturated carbocycles. The number of nitrogens with one attached hydrogen (secondary N) is 1. The van der Waals surface area contributed by atoms with Gasteiger partial charge in [-0.15, -0.1) is 0 Å². The van der Waals surface area contributed by atoms with E-state index in [1.165, 1.54) is 0 Å². The molecule has 0 radical (unpaired) electrons. The summed E-state index contributed by atoms with van der Waals surface area (Å²) in [5, 5.41) is 3.53. The van der Waals surface area contributed by atoms with Crippen molar-refractivity contribution in [1.29, 1.82) is 0 Å². The van der Waals surface area contributed by atoms with Gasteiger partial charge in [-0.1, -0.05) is 11.6 Å². The number of piperidine rings is 1. The Morgan fingerprint density at radius 3 is 2.54 bits per heavy atom. The maximum Gasteiger partial charge on any atom is 0.234 e. The van der Waals surface area contributed by atoms with Crippen molar-refractivity contribution in [3.63, 3.8) is 0 Å². The number of hydrogen-bond donors (Lipinski definition) is 1. The highest BCUT2D eigenvalue weighted by Crippen LogP contribution is 2.22. The minimum atomic E-state index is 0.0344. The normalized spacial score (nSPS) is 16.1. The second-order valence-electron chi connectivity index (χ2n) is 6.12. The number of Topliss-reactive ketones (excluding diaryl/α,β-unsaturated/α-hetero) is 1.